The lowest BCUT2D eigenvalue weighted by Crippen LogP contribution is -2.18. The first-order valence-corrected chi connectivity index (χ1v) is 7.77. The maximum atomic E-state index is 11.6. The van der Waals surface area contributed by atoms with Crippen molar-refractivity contribution in [2.75, 3.05) is 26.9 Å². The van der Waals surface area contributed by atoms with E-state index in [4.69, 9.17) is 18.9 Å². The number of ether oxygens (including phenoxy) is 4. The Hall–Kier alpha value is -2.21. The maximum Gasteiger partial charge on any atom is 0.344 e. The number of carbonyl (C=O) groups is 1. The summed E-state index contributed by atoms with van der Waals surface area (Å²) in [5.74, 6) is 1.58. The number of hydrogen-bond donors (Lipinski definition) is 0. The molecule has 0 aliphatic carbocycles. The van der Waals surface area contributed by atoms with Crippen LogP contribution in [-0.4, -0.2) is 32.9 Å². The van der Waals surface area contributed by atoms with Crippen LogP contribution in [-0.2, 0) is 9.53 Å². The Morgan fingerprint density at radius 1 is 0.870 bits per heavy atom. The largest absolute Gasteiger partial charge is 0.497 e. The van der Waals surface area contributed by atoms with Crippen LogP contribution < -0.4 is 14.2 Å². The van der Waals surface area contributed by atoms with Gasteiger partial charge in [0.15, 0.2) is 6.61 Å². The highest BCUT2D eigenvalue weighted by molar-refractivity contribution is 9.10. The summed E-state index contributed by atoms with van der Waals surface area (Å²) >= 11 is 3.35. The molecule has 122 valence electrons. The zero-order chi connectivity index (χ0) is 16.5. The first kappa shape index (κ1) is 17.1. The summed E-state index contributed by atoms with van der Waals surface area (Å²) < 4.78 is 21.8. The van der Waals surface area contributed by atoms with Gasteiger partial charge in [0.05, 0.1) is 7.11 Å². The van der Waals surface area contributed by atoms with Crippen LogP contribution in [0.4, 0.5) is 0 Å². The minimum atomic E-state index is -0.444. The summed E-state index contributed by atoms with van der Waals surface area (Å²) in [6.45, 7) is 0.307. The summed E-state index contributed by atoms with van der Waals surface area (Å²) in [6, 6.07) is 14.4. The van der Waals surface area contributed by atoms with Crippen molar-refractivity contribution in [3.05, 3.63) is 53.0 Å². The number of rotatable bonds is 8. The van der Waals surface area contributed by atoms with Gasteiger partial charge in [-0.3, -0.25) is 0 Å². The van der Waals surface area contributed by atoms with Crippen LogP contribution in [0.15, 0.2) is 53.0 Å². The summed E-state index contributed by atoms with van der Waals surface area (Å²) in [5, 5.41) is 0. The summed E-state index contributed by atoms with van der Waals surface area (Å²) in [4.78, 5) is 11.6. The predicted molar refractivity (Wildman–Crippen MR) is 89.1 cm³/mol. The van der Waals surface area contributed by atoms with E-state index in [1.54, 1.807) is 31.4 Å². The molecule has 2 aromatic carbocycles. The van der Waals surface area contributed by atoms with Crippen LogP contribution in [0, 0.1) is 0 Å². The topological polar surface area (TPSA) is 54.0 Å². The van der Waals surface area contributed by atoms with Crippen molar-refractivity contribution in [3.8, 4) is 17.2 Å². The van der Waals surface area contributed by atoms with E-state index in [9.17, 15) is 4.79 Å². The summed E-state index contributed by atoms with van der Waals surface area (Å²) in [6.07, 6.45) is 0. The molecule has 0 amide bonds. The monoisotopic (exact) mass is 380 g/mol. The van der Waals surface area contributed by atoms with E-state index in [2.05, 4.69) is 15.9 Å². The molecule has 0 saturated carbocycles. The number of esters is 1. The Balaban J connectivity index is 1.62. The quantitative estimate of drug-likeness (QED) is 0.518. The van der Waals surface area contributed by atoms with Crippen LogP contribution in [0.3, 0.4) is 0 Å². The second-order valence-electron chi connectivity index (χ2n) is 4.49. The Morgan fingerprint density at radius 2 is 1.43 bits per heavy atom. The van der Waals surface area contributed by atoms with Crippen LogP contribution in [0.25, 0.3) is 0 Å². The molecule has 0 aromatic heterocycles. The molecule has 5 nitrogen and oxygen atoms in total. The molecule has 0 unspecified atom stereocenters. The second kappa shape index (κ2) is 9.05. The van der Waals surface area contributed by atoms with Crippen LogP contribution in [0.5, 0.6) is 17.2 Å². The summed E-state index contributed by atoms with van der Waals surface area (Å²) in [7, 11) is 1.59. The van der Waals surface area contributed by atoms with E-state index in [1.165, 1.54) is 0 Å². The minimum Gasteiger partial charge on any atom is -0.497 e. The molecule has 0 atom stereocenters. The first-order chi connectivity index (χ1) is 11.2. The van der Waals surface area contributed by atoms with Gasteiger partial charge in [0.2, 0.25) is 0 Å². The highest BCUT2D eigenvalue weighted by atomic mass is 79.9. The highest BCUT2D eigenvalue weighted by Gasteiger charge is 2.05. The lowest BCUT2D eigenvalue weighted by Gasteiger charge is -2.09. The Labute approximate surface area is 143 Å². The van der Waals surface area contributed by atoms with Gasteiger partial charge in [-0.25, -0.2) is 4.79 Å². The van der Waals surface area contributed by atoms with Gasteiger partial charge in [0.1, 0.15) is 30.5 Å². The Bertz CT molecular complexity index is 610. The molecule has 0 aliphatic rings. The van der Waals surface area contributed by atoms with Gasteiger partial charge in [-0.2, -0.15) is 0 Å². The average Bonchev–Trinajstić information content (AvgIpc) is 2.59. The van der Waals surface area contributed by atoms with Crippen molar-refractivity contribution in [3.63, 3.8) is 0 Å². The fraction of sp³-hybridized carbons (Fsp3) is 0.235. The zero-order valence-corrected chi connectivity index (χ0v) is 14.2. The summed E-state index contributed by atoms with van der Waals surface area (Å²) in [5.41, 5.74) is 0. The molecule has 0 fully saturated rings. The van der Waals surface area contributed by atoms with Crippen molar-refractivity contribution in [2.24, 2.45) is 0 Å². The lowest BCUT2D eigenvalue weighted by atomic mass is 10.3. The molecular weight excluding hydrogens is 364 g/mol. The third-order valence-electron chi connectivity index (χ3n) is 2.84. The van der Waals surface area contributed by atoms with E-state index in [1.807, 2.05) is 24.3 Å². The SMILES string of the molecule is COc1ccc(OCC(=O)OCCOc2ccc(Br)cc2)cc1. The molecule has 0 radical (unpaired) electrons. The van der Waals surface area contributed by atoms with Gasteiger partial charge in [0.25, 0.3) is 0 Å². The van der Waals surface area contributed by atoms with Crippen molar-refractivity contribution in [1.29, 1.82) is 0 Å². The van der Waals surface area contributed by atoms with Gasteiger partial charge < -0.3 is 18.9 Å². The van der Waals surface area contributed by atoms with Crippen molar-refractivity contribution in [2.45, 2.75) is 0 Å². The highest BCUT2D eigenvalue weighted by Crippen LogP contribution is 2.17. The van der Waals surface area contributed by atoms with E-state index in [-0.39, 0.29) is 19.8 Å². The molecule has 2 rings (SSSR count). The Morgan fingerprint density at radius 3 is 2.09 bits per heavy atom. The van der Waals surface area contributed by atoms with Crippen LogP contribution >= 0.6 is 15.9 Å². The number of carbonyl (C=O) groups excluding carboxylic acids is 1. The fourth-order valence-electron chi connectivity index (χ4n) is 1.70. The normalized spacial score (nSPS) is 10.0. The second-order valence-corrected chi connectivity index (χ2v) is 5.40. The van der Waals surface area contributed by atoms with Gasteiger partial charge in [0, 0.05) is 4.47 Å². The molecule has 2 aromatic rings. The molecule has 23 heavy (non-hydrogen) atoms. The molecule has 0 heterocycles. The smallest absolute Gasteiger partial charge is 0.344 e. The molecule has 0 N–H and O–H groups in total. The third kappa shape index (κ3) is 6.20. The first-order valence-electron chi connectivity index (χ1n) is 6.98. The van der Waals surface area contributed by atoms with Crippen molar-refractivity contribution >= 4 is 21.9 Å². The molecule has 0 spiro atoms. The minimum absolute atomic E-state index is 0.148. The lowest BCUT2D eigenvalue weighted by molar-refractivity contribution is -0.146. The molecule has 0 aliphatic heterocycles. The number of methoxy groups -OCH3 is 1. The van der Waals surface area contributed by atoms with E-state index < -0.39 is 5.97 Å². The van der Waals surface area contributed by atoms with Crippen molar-refractivity contribution < 1.29 is 23.7 Å². The van der Waals surface area contributed by atoms with Gasteiger partial charge in [-0.05, 0) is 48.5 Å². The van der Waals surface area contributed by atoms with E-state index in [0.29, 0.717) is 5.75 Å². The van der Waals surface area contributed by atoms with E-state index >= 15 is 0 Å². The third-order valence-corrected chi connectivity index (χ3v) is 3.37. The van der Waals surface area contributed by atoms with Crippen LogP contribution in [0.1, 0.15) is 0 Å². The standard InChI is InChI=1S/C17H17BrO5/c1-20-14-6-8-16(9-7-14)23-12-17(19)22-11-10-21-15-4-2-13(18)3-5-15/h2-9H,10-12H2,1H3. The fourth-order valence-corrected chi connectivity index (χ4v) is 1.97. The average molecular weight is 381 g/mol. The zero-order valence-electron chi connectivity index (χ0n) is 12.7. The maximum absolute atomic E-state index is 11.6. The molecule has 0 bridgehead atoms. The van der Waals surface area contributed by atoms with Crippen molar-refractivity contribution in [1.82, 2.24) is 0 Å². The molecule has 6 heteroatoms. The number of hydrogen-bond acceptors (Lipinski definition) is 5. The number of halogens is 1. The Kier molecular flexibility index (Phi) is 6.75. The van der Waals surface area contributed by atoms with Gasteiger partial charge in [-0.1, -0.05) is 15.9 Å². The predicted octanol–water partition coefficient (Wildman–Crippen LogP) is 3.46. The van der Waals surface area contributed by atoms with E-state index in [0.717, 1.165) is 16.0 Å². The van der Waals surface area contributed by atoms with Crippen LogP contribution in [0.2, 0.25) is 0 Å². The molecular formula is C17H17BrO5. The molecule has 0 saturated heterocycles. The van der Waals surface area contributed by atoms with Gasteiger partial charge in [-0.15, -0.1) is 0 Å². The van der Waals surface area contributed by atoms with Gasteiger partial charge >= 0.3 is 5.97 Å². The number of benzene rings is 2.